The number of nitrogens with zero attached hydrogens (tertiary/aromatic N) is 1. The first-order chi connectivity index (χ1) is 11.1. The number of nitrogens with one attached hydrogen (secondary N) is 1. The van der Waals surface area contributed by atoms with Crippen molar-refractivity contribution in [2.24, 2.45) is 0 Å². The van der Waals surface area contributed by atoms with Gasteiger partial charge in [0.05, 0.1) is 0 Å². The third kappa shape index (κ3) is 3.02. The number of carbonyl (C=O) groups excluding carboxylic acids is 1. The van der Waals surface area contributed by atoms with Crippen LogP contribution in [0.5, 0.6) is 5.75 Å². The van der Waals surface area contributed by atoms with Gasteiger partial charge in [-0.15, -0.1) is 0 Å². The number of hydrogen-bond donors (Lipinski definition) is 1. The first-order valence-corrected chi connectivity index (χ1v) is 7.85. The smallest absolute Gasteiger partial charge is 0.410 e. The molecular formula is C17H20N2O4. The number of ether oxygens (including phenoxy) is 2. The Balaban J connectivity index is 1.85. The zero-order chi connectivity index (χ0) is 16.4. The topological polar surface area (TPSA) is 71.6 Å². The monoisotopic (exact) mass is 316 g/mol. The number of amides is 1. The molecule has 1 aliphatic rings. The van der Waals surface area contributed by atoms with Crippen molar-refractivity contribution >= 4 is 17.0 Å². The van der Waals surface area contributed by atoms with Gasteiger partial charge in [0, 0.05) is 42.0 Å². The lowest BCUT2D eigenvalue weighted by molar-refractivity contribution is 0.0339. The van der Waals surface area contributed by atoms with Gasteiger partial charge in [0.25, 0.3) is 0 Å². The second-order valence-corrected chi connectivity index (χ2v) is 5.52. The first kappa shape index (κ1) is 15.4. The maximum absolute atomic E-state index is 12.1. The zero-order valence-corrected chi connectivity index (χ0v) is 13.3. The van der Waals surface area contributed by atoms with E-state index < -0.39 is 0 Å². The average Bonchev–Trinajstić information content (AvgIpc) is 2.55. The maximum atomic E-state index is 12.1. The van der Waals surface area contributed by atoms with Gasteiger partial charge in [0.2, 0.25) is 5.56 Å². The summed E-state index contributed by atoms with van der Waals surface area (Å²) in [5.41, 5.74) is 1.58. The Kier molecular flexibility index (Phi) is 4.23. The molecule has 1 unspecified atom stereocenters. The molecule has 0 aliphatic carbocycles. The van der Waals surface area contributed by atoms with Crippen molar-refractivity contribution in [1.29, 1.82) is 0 Å². The molecule has 23 heavy (non-hydrogen) atoms. The highest BCUT2D eigenvalue weighted by molar-refractivity contribution is 5.84. The van der Waals surface area contributed by atoms with Crippen LogP contribution in [0.4, 0.5) is 4.79 Å². The van der Waals surface area contributed by atoms with Crippen LogP contribution in [0.1, 0.15) is 19.4 Å². The Bertz CT molecular complexity index is 780. The molecule has 0 saturated heterocycles. The molecule has 0 radical (unpaired) electrons. The Morgan fingerprint density at radius 1 is 1.30 bits per heavy atom. The van der Waals surface area contributed by atoms with E-state index in [1.165, 1.54) is 6.07 Å². The molecule has 2 aromatic rings. The molecular weight excluding hydrogens is 296 g/mol. The van der Waals surface area contributed by atoms with Crippen molar-refractivity contribution in [2.45, 2.75) is 26.4 Å². The summed E-state index contributed by atoms with van der Waals surface area (Å²) in [6.07, 6.45) is -0.0695. The molecule has 122 valence electrons. The van der Waals surface area contributed by atoms with Crippen molar-refractivity contribution in [3.63, 3.8) is 0 Å². The van der Waals surface area contributed by atoms with Crippen molar-refractivity contribution in [3.05, 3.63) is 40.2 Å². The predicted molar refractivity (Wildman–Crippen MR) is 87.0 cm³/mol. The minimum Gasteiger partial charge on any atom is -0.489 e. The number of rotatable bonds is 3. The second kappa shape index (κ2) is 6.32. The highest BCUT2D eigenvalue weighted by Crippen LogP contribution is 2.31. The third-order valence-electron chi connectivity index (χ3n) is 4.12. The molecule has 0 saturated carbocycles. The summed E-state index contributed by atoms with van der Waals surface area (Å²) in [6.45, 7) is 5.41. The van der Waals surface area contributed by atoms with E-state index in [0.717, 1.165) is 22.2 Å². The summed E-state index contributed by atoms with van der Waals surface area (Å²) < 4.78 is 11.3. The molecule has 1 aliphatic heterocycles. The molecule has 0 spiro atoms. The molecule has 6 nitrogen and oxygen atoms in total. The summed E-state index contributed by atoms with van der Waals surface area (Å²) in [4.78, 5) is 28.0. The van der Waals surface area contributed by atoms with Crippen molar-refractivity contribution in [2.75, 3.05) is 19.7 Å². The van der Waals surface area contributed by atoms with Gasteiger partial charge < -0.3 is 19.4 Å². The standard InChI is InChI=1S/C17H20N2O4/c1-3-19(4-2)17(21)23-11-9-13-12-5-8-16(20)18-14(12)6-7-15(13)22-10-11/h5-8,11H,3-4,9-10H2,1-2H3,(H,18,20). The minimum atomic E-state index is -0.326. The minimum absolute atomic E-state index is 0.140. The number of benzene rings is 1. The molecule has 2 heterocycles. The number of aromatic nitrogens is 1. The molecule has 1 amide bonds. The van der Waals surface area contributed by atoms with Crippen molar-refractivity contribution < 1.29 is 14.3 Å². The number of aromatic amines is 1. The van der Waals surface area contributed by atoms with E-state index in [9.17, 15) is 9.59 Å². The molecule has 1 atom stereocenters. The number of hydrogen-bond acceptors (Lipinski definition) is 4. The average molecular weight is 316 g/mol. The van der Waals surface area contributed by atoms with Crippen LogP contribution in [-0.4, -0.2) is 41.8 Å². The molecule has 0 bridgehead atoms. The lowest BCUT2D eigenvalue weighted by atomic mass is 9.99. The van der Waals surface area contributed by atoms with Gasteiger partial charge >= 0.3 is 6.09 Å². The van der Waals surface area contributed by atoms with Gasteiger partial charge in [-0.3, -0.25) is 4.79 Å². The largest absolute Gasteiger partial charge is 0.489 e. The summed E-state index contributed by atoms with van der Waals surface area (Å²) >= 11 is 0. The van der Waals surface area contributed by atoms with Crippen LogP contribution >= 0.6 is 0 Å². The third-order valence-corrected chi connectivity index (χ3v) is 4.12. The molecule has 0 fully saturated rings. The van der Waals surface area contributed by atoms with E-state index in [1.54, 1.807) is 11.0 Å². The second-order valence-electron chi connectivity index (χ2n) is 5.52. The van der Waals surface area contributed by atoms with Gasteiger partial charge in [-0.2, -0.15) is 0 Å². The summed E-state index contributed by atoms with van der Waals surface area (Å²) in [5, 5.41) is 0.922. The lowest BCUT2D eigenvalue weighted by Crippen LogP contribution is -2.38. The van der Waals surface area contributed by atoms with Crippen LogP contribution in [0.25, 0.3) is 10.9 Å². The zero-order valence-electron chi connectivity index (χ0n) is 13.3. The van der Waals surface area contributed by atoms with Gasteiger partial charge in [-0.1, -0.05) is 0 Å². The number of pyridine rings is 1. The molecule has 1 N–H and O–H groups in total. The van der Waals surface area contributed by atoms with Gasteiger partial charge in [-0.05, 0) is 32.0 Å². The van der Waals surface area contributed by atoms with Crippen LogP contribution in [0.15, 0.2) is 29.1 Å². The van der Waals surface area contributed by atoms with Crippen LogP contribution in [-0.2, 0) is 11.2 Å². The first-order valence-electron chi connectivity index (χ1n) is 7.85. The molecule has 1 aromatic heterocycles. The van der Waals surface area contributed by atoms with Gasteiger partial charge in [-0.25, -0.2) is 4.79 Å². The van der Waals surface area contributed by atoms with E-state index in [4.69, 9.17) is 9.47 Å². The van der Waals surface area contributed by atoms with Crippen molar-refractivity contribution in [1.82, 2.24) is 9.88 Å². The number of fused-ring (bicyclic) bond motifs is 3. The van der Waals surface area contributed by atoms with Crippen LogP contribution in [0.2, 0.25) is 0 Å². The predicted octanol–water partition coefficient (Wildman–Crippen LogP) is 2.31. The van der Waals surface area contributed by atoms with Gasteiger partial charge in [0.15, 0.2) is 0 Å². The van der Waals surface area contributed by atoms with Crippen LogP contribution in [0.3, 0.4) is 0 Å². The van der Waals surface area contributed by atoms with E-state index in [-0.39, 0.29) is 17.8 Å². The number of carbonyl (C=O) groups is 1. The van der Waals surface area contributed by atoms with E-state index in [0.29, 0.717) is 26.1 Å². The summed E-state index contributed by atoms with van der Waals surface area (Å²) in [5.74, 6) is 0.777. The van der Waals surface area contributed by atoms with Crippen molar-refractivity contribution in [3.8, 4) is 5.75 Å². The maximum Gasteiger partial charge on any atom is 0.410 e. The quantitative estimate of drug-likeness (QED) is 0.943. The van der Waals surface area contributed by atoms with Crippen LogP contribution in [0, 0.1) is 0 Å². The SMILES string of the molecule is CCN(CC)C(=O)OC1COc2ccc3[nH]c(=O)ccc3c2C1. The lowest BCUT2D eigenvalue weighted by Gasteiger charge is -2.28. The highest BCUT2D eigenvalue weighted by Gasteiger charge is 2.26. The Morgan fingerprint density at radius 2 is 2.09 bits per heavy atom. The van der Waals surface area contributed by atoms with E-state index >= 15 is 0 Å². The Hall–Kier alpha value is -2.50. The Labute approximate surface area is 134 Å². The van der Waals surface area contributed by atoms with Crippen LogP contribution < -0.4 is 10.3 Å². The molecule has 6 heteroatoms. The van der Waals surface area contributed by atoms with E-state index in [1.807, 2.05) is 26.0 Å². The molecule has 3 rings (SSSR count). The fourth-order valence-electron chi connectivity index (χ4n) is 2.87. The Morgan fingerprint density at radius 3 is 2.83 bits per heavy atom. The summed E-state index contributed by atoms with van der Waals surface area (Å²) in [7, 11) is 0. The fourth-order valence-corrected chi connectivity index (χ4v) is 2.87. The molecule has 1 aromatic carbocycles. The van der Waals surface area contributed by atoms with E-state index in [2.05, 4.69) is 4.98 Å². The summed E-state index contributed by atoms with van der Waals surface area (Å²) in [6, 6.07) is 6.95. The van der Waals surface area contributed by atoms with Gasteiger partial charge in [0.1, 0.15) is 18.5 Å². The fraction of sp³-hybridized carbons (Fsp3) is 0.412. The normalized spacial score (nSPS) is 16.5. The highest BCUT2D eigenvalue weighted by atomic mass is 16.6. The number of H-pyrrole nitrogens is 1.